The lowest BCUT2D eigenvalue weighted by Gasteiger charge is -2.05. The third-order valence-electron chi connectivity index (χ3n) is 1.85. The van der Waals surface area contributed by atoms with Crippen LogP contribution in [0.25, 0.3) is 0 Å². The molecule has 1 aromatic heterocycles. The Balaban J connectivity index is 2.29. The summed E-state index contributed by atoms with van der Waals surface area (Å²) in [4.78, 5) is 15.4. The maximum Gasteiger partial charge on any atom is 0.251 e. The average Bonchev–Trinajstić information content (AvgIpc) is 2.24. The highest BCUT2D eigenvalue weighted by Crippen LogP contribution is 2.04. The van der Waals surface area contributed by atoms with Crippen molar-refractivity contribution in [3.05, 3.63) is 23.9 Å². The topological polar surface area (TPSA) is 60.5 Å². The molecule has 1 aromatic rings. The molecule has 0 saturated heterocycles. The Morgan fingerprint density at radius 3 is 3.00 bits per heavy atom. The van der Waals surface area contributed by atoms with Crippen LogP contribution >= 0.6 is 0 Å². The molecule has 0 fully saturated rings. The number of anilines is 1. The predicted octanol–water partition coefficient (Wildman–Crippen LogP) is 0.992. The van der Waals surface area contributed by atoms with E-state index in [1.807, 2.05) is 13.0 Å². The highest BCUT2D eigenvalue weighted by molar-refractivity contribution is 5.90. The average molecular weight is 224 g/mol. The molecule has 1 heterocycles. The Kier molecular flexibility index (Phi) is 5.45. The van der Waals surface area contributed by atoms with Gasteiger partial charge in [0.25, 0.3) is 5.91 Å². The van der Waals surface area contributed by atoms with E-state index in [9.17, 15) is 4.79 Å². The second-order valence-electron chi connectivity index (χ2n) is 3.31. The van der Waals surface area contributed by atoms with Crippen LogP contribution < -0.4 is 5.32 Å². The van der Waals surface area contributed by atoms with Crippen LogP contribution in [0.5, 0.6) is 0 Å². The van der Waals surface area contributed by atoms with Gasteiger partial charge in [-0.15, -0.1) is 0 Å². The van der Waals surface area contributed by atoms with Crippen molar-refractivity contribution >= 4 is 11.7 Å². The molecule has 0 aliphatic carbocycles. The molecule has 0 radical (unpaired) electrons. The van der Waals surface area contributed by atoms with Crippen molar-refractivity contribution in [2.75, 3.05) is 32.2 Å². The Bertz CT molecular complexity index is 342. The number of ether oxygens (including phenoxy) is 2. The summed E-state index contributed by atoms with van der Waals surface area (Å²) in [7, 11) is 1.58. The van der Waals surface area contributed by atoms with Crippen molar-refractivity contribution in [3.8, 4) is 0 Å². The van der Waals surface area contributed by atoms with Crippen molar-refractivity contribution in [2.45, 2.75) is 6.92 Å². The van der Waals surface area contributed by atoms with Gasteiger partial charge in [0.05, 0.1) is 13.2 Å². The maximum absolute atomic E-state index is 11.4. The van der Waals surface area contributed by atoms with Gasteiger partial charge < -0.3 is 14.8 Å². The Labute approximate surface area is 94.8 Å². The molecule has 0 unspecified atom stereocenters. The van der Waals surface area contributed by atoms with Crippen LogP contribution in [0.1, 0.15) is 5.56 Å². The first kappa shape index (κ1) is 12.6. The molecule has 0 spiro atoms. The molecule has 1 rings (SSSR count). The summed E-state index contributed by atoms with van der Waals surface area (Å²) in [6.45, 7) is 2.84. The number of aryl methyl sites for hydroxylation is 1. The van der Waals surface area contributed by atoms with Crippen molar-refractivity contribution in [1.29, 1.82) is 0 Å². The molecule has 0 aromatic carbocycles. The second kappa shape index (κ2) is 6.92. The van der Waals surface area contributed by atoms with Gasteiger partial charge in [0.2, 0.25) is 0 Å². The molecule has 0 aliphatic heterocycles. The molecule has 5 nitrogen and oxygen atoms in total. The standard InChI is InChI=1S/C11H16N2O3/c1-9-3-4-12-10(7-9)13-11(14)8-16-6-5-15-2/h3-4,7H,5-6,8H2,1-2H3,(H,12,13,14). The minimum Gasteiger partial charge on any atom is -0.382 e. The van der Waals surface area contributed by atoms with Gasteiger partial charge in [-0.25, -0.2) is 4.98 Å². The SMILES string of the molecule is COCCOCC(=O)Nc1cc(C)ccn1. The van der Waals surface area contributed by atoms with Gasteiger partial charge in [-0.3, -0.25) is 4.79 Å². The highest BCUT2D eigenvalue weighted by atomic mass is 16.5. The van der Waals surface area contributed by atoms with Crippen LogP contribution in [-0.2, 0) is 14.3 Å². The molecule has 0 saturated carbocycles. The minimum absolute atomic E-state index is 0.0129. The number of nitrogens with one attached hydrogen (secondary N) is 1. The molecule has 0 bridgehead atoms. The van der Waals surface area contributed by atoms with E-state index in [1.54, 1.807) is 19.4 Å². The molecular weight excluding hydrogens is 208 g/mol. The normalized spacial score (nSPS) is 10.1. The number of pyridine rings is 1. The molecule has 1 N–H and O–H groups in total. The number of carbonyl (C=O) groups is 1. The molecule has 1 amide bonds. The second-order valence-corrected chi connectivity index (χ2v) is 3.31. The molecular formula is C11H16N2O3. The number of amides is 1. The lowest BCUT2D eigenvalue weighted by atomic mass is 10.3. The van der Waals surface area contributed by atoms with Gasteiger partial charge in [0.15, 0.2) is 0 Å². The van der Waals surface area contributed by atoms with Crippen LogP contribution in [0.15, 0.2) is 18.3 Å². The molecule has 0 atom stereocenters. The number of rotatable bonds is 6. The highest BCUT2D eigenvalue weighted by Gasteiger charge is 2.02. The molecule has 16 heavy (non-hydrogen) atoms. The van der Waals surface area contributed by atoms with Gasteiger partial charge in [-0.05, 0) is 24.6 Å². The largest absolute Gasteiger partial charge is 0.382 e. The fraction of sp³-hybridized carbons (Fsp3) is 0.455. The zero-order valence-corrected chi connectivity index (χ0v) is 9.53. The first-order chi connectivity index (χ1) is 7.72. The number of hydrogen-bond acceptors (Lipinski definition) is 4. The third kappa shape index (κ3) is 4.86. The summed E-state index contributed by atoms with van der Waals surface area (Å²) in [6, 6.07) is 3.66. The summed E-state index contributed by atoms with van der Waals surface area (Å²) >= 11 is 0. The van der Waals surface area contributed by atoms with Gasteiger partial charge in [0.1, 0.15) is 12.4 Å². The summed E-state index contributed by atoms with van der Waals surface area (Å²) in [5.41, 5.74) is 1.05. The Morgan fingerprint density at radius 1 is 1.50 bits per heavy atom. The van der Waals surface area contributed by atoms with E-state index in [4.69, 9.17) is 9.47 Å². The summed E-state index contributed by atoms with van der Waals surface area (Å²) in [5, 5.41) is 2.64. The monoisotopic (exact) mass is 224 g/mol. The van der Waals surface area contributed by atoms with Crippen LogP contribution in [0.3, 0.4) is 0 Å². The quantitative estimate of drug-likeness (QED) is 0.732. The zero-order valence-electron chi connectivity index (χ0n) is 9.53. The van der Waals surface area contributed by atoms with E-state index < -0.39 is 0 Å². The summed E-state index contributed by atoms with van der Waals surface area (Å²) < 4.78 is 9.86. The zero-order chi connectivity index (χ0) is 11.8. The van der Waals surface area contributed by atoms with Crippen LogP contribution in [-0.4, -0.2) is 37.8 Å². The number of carbonyl (C=O) groups excluding carboxylic acids is 1. The first-order valence-corrected chi connectivity index (χ1v) is 5.01. The number of hydrogen-bond donors (Lipinski definition) is 1. The molecule has 0 aliphatic rings. The van der Waals surface area contributed by atoms with Crippen molar-refractivity contribution in [2.24, 2.45) is 0 Å². The Morgan fingerprint density at radius 2 is 2.31 bits per heavy atom. The lowest BCUT2D eigenvalue weighted by molar-refractivity contribution is -0.121. The minimum atomic E-state index is -0.214. The van der Waals surface area contributed by atoms with E-state index in [-0.39, 0.29) is 12.5 Å². The maximum atomic E-state index is 11.4. The molecule has 88 valence electrons. The van der Waals surface area contributed by atoms with Gasteiger partial charge in [-0.1, -0.05) is 0 Å². The van der Waals surface area contributed by atoms with Gasteiger partial charge in [0, 0.05) is 13.3 Å². The van der Waals surface area contributed by atoms with Crippen LogP contribution in [0.2, 0.25) is 0 Å². The fourth-order valence-corrected chi connectivity index (χ4v) is 1.09. The van der Waals surface area contributed by atoms with E-state index in [0.717, 1.165) is 5.56 Å². The van der Waals surface area contributed by atoms with E-state index in [0.29, 0.717) is 19.0 Å². The smallest absolute Gasteiger partial charge is 0.251 e. The first-order valence-electron chi connectivity index (χ1n) is 5.01. The van der Waals surface area contributed by atoms with Crippen LogP contribution in [0, 0.1) is 6.92 Å². The number of nitrogens with zero attached hydrogens (tertiary/aromatic N) is 1. The third-order valence-corrected chi connectivity index (χ3v) is 1.85. The van der Waals surface area contributed by atoms with Gasteiger partial charge >= 0.3 is 0 Å². The summed E-state index contributed by atoms with van der Waals surface area (Å²) in [5.74, 6) is 0.328. The Hall–Kier alpha value is -1.46. The lowest BCUT2D eigenvalue weighted by Crippen LogP contribution is -2.20. The van der Waals surface area contributed by atoms with Crippen molar-refractivity contribution in [3.63, 3.8) is 0 Å². The molecule has 5 heteroatoms. The van der Waals surface area contributed by atoms with E-state index in [1.165, 1.54) is 0 Å². The van der Waals surface area contributed by atoms with Gasteiger partial charge in [-0.2, -0.15) is 0 Å². The van der Waals surface area contributed by atoms with Crippen molar-refractivity contribution in [1.82, 2.24) is 4.98 Å². The fourth-order valence-electron chi connectivity index (χ4n) is 1.09. The number of methoxy groups -OCH3 is 1. The summed E-state index contributed by atoms with van der Waals surface area (Å²) in [6.07, 6.45) is 1.65. The predicted molar refractivity (Wildman–Crippen MR) is 60.3 cm³/mol. The van der Waals surface area contributed by atoms with E-state index >= 15 is 0 Å². The number of aromatic nitrogens is 1. The van der Waals surface area contributed by atoms with E-state index in [2.05, 4.69) is 10.3 Å². The van der Waals surface area contributed by atoms with Crippen molar-refractivity contribution < 1.29 is 14.3 Å². The van der Waals surface area contributed by atoms with Crippen LogP contribution in [0.4, 0.5) is 5.82 Å².